The smallest absolute Gasteiger partial charge is 0.306 e. The number of esters is 1. The molecule has 0 aromatic carbocycles. The molecular formula is C16H26O4. The monoisotopic (exact) mass is 282 g/mol. The lowest BCUT2D eigenvalue weighted by atomic mass is 9.81. The summed E-state index contributed by atoms with van der Waals surface area (Å²) >= 11 is 0. The van der Waals surface area contributed by atoms with Crippen molar-refractivity contribution in [3.05, 3.63) is 0 Å². The van der Waals surface area contributed by atoms with Gasteiger partial charge in [0.2, 0.25) is 0 Å². The first-order chi connectivity index (χ1) is 9.65. The largest absolute Gasteiger partial charge is 0.462 e. The summed E-state index contributed by atoms with van der Waals surface area (Å²) in [6, 6.07) is 0. The molecule has 1 heterocycles. The fourth-order valence-corrected chi connectivity index (χ4v) is 4.50. The maximum atomic E-state index is 11.3. The predicted octanol–water partition coefficient (Wildman–Crippen LogP) is 2.02. The van der Waals surface area contributed by atoms with E-state index in [9.17, 15) is 15.0 Å². The maximum absolute atomic E-state index is 11.3. The van der Waals surface area contributed by atoms with E-state index in [1.165, 1.54) is 19.3 Å². The van der Waals surface area contributed by atoms with Crippen LogP contribution in [0.5, 0.6) is 0 Å². The number of aliphatic hydroxyl groups excluding tert-OH is 2. The van der Waals surface area contributed by atoms with Gasteiger partial charge in [-0.05, 0) is 37.5 Å². The van der Waals surface area contributed by atoms with Crippen LogP contribution in [-0.2, 0) is 9.53 Å². The molecule has 0 bridgehead atoms. The fourth-order valence-electron chi connectivity index (χ4n) is 4.50. The molecule has 3 fully saturated rings. The van der Waals surface area contributed by atoms with Gasteiger partial charge in [0.15, 0.2) is 0 Å². The van der Waals surface area contributed by atoms with E-state index in [0.29, 0.717) is 18.8 Å². The van der Waals surface area contributed by atoms with Crippen molar-refractivity contribution < 1.29 is 19.7 Å². The molecule has 1 saturated heterocycles. The third-order valence-electron chi connectivity index (χ3n) is 5.67. The highest BCUT2D eigenvalue weighted by atomic mass is 16.6. The van der Waals surface area contributed by atoms with Gasteiger partial charge < -0.3 is 14.9 Å². The van der Waals surface area contributed by atoms with Gasteiger partial charge in [-0.15, -0.1) is 0 Å². The average Bonchev–Trinajstić information content (AvgIpc) is 2.92. The van der Waals surface area contributed by atoms with Crippen LogP contribution in [0.1, 0.15) is 57.8 Å². The van der Waals surface area contributed by atoms with Crippen LogP contribution in [0.4, 0.5) is 0 Å². The summed E-state index contributed by atoms with van der Waals surface area (Å²) < 4.78 is 5.25. The van der Waals surface area contributed by atoms with Gasteiger partial charge in [-0.3, -0.25) is 4.79 Å². The van der Waals surface area contributed by atoms with E-state index in [0.717, 1.165) is 25.7 Å². The van der Waals surface area contributed by atoms with E-state index in [-0.39, 0.29) is 36.1 Å². The number of fused-ring (bicyclic) bond motifs is 1. The van der Waals surface area contributed by atoms with Gasteiger partial charge in [0.25, 0.3) is 0 Å². The molecule has 2 aliphatic carbocycles. The van der Waals surface area contributed by atoms with Crippen LogP contribution in [0.2, 0.25) is 0 Å². The molecule has 0 aromatic rings. The second-order valence-corrected chi connectivity index (χ2v) is 6.91. The molecule has 0 aromatic heterocycles. The van der Waals surface area contributed by atoms with Crippen LogP contribution >= 0.6 is 0 Å². The normalized spacial score (nSPS) is 39.6. The van der Waals surface area contributed by atoms with Crippen LogP contribution in [0.15, 0.2) is 0 Å². The Morgan fingerprint density at radius 1 is 1.25 bits per heavy atom. The second kappa shape index (κ2) is 6.02. The molecule has 5 unspecified atom stereocenters. The zero-order valence-corrected chi connectivity index (χ0v) is 12.0. The Labute approximate surface area is 120 Å². The summed E-state index contributed by atoms with van der Waals surface area (Å²) in [5.74, 6) is 0.630. The Bertz CT molecular complexity index is 350. The van der Waals surface area contributed by atoms with E-state index < -0.39 is 0 Å². The molecule has 4 nitrogen and oxygen atoms in total. The zero-order chi connectivity index (χ0) is 14.1. The number of hydrogen-bond donors (Lipinski definition) is 2. The Morgan fingerprint density at radius 2 is 2.00 bits per heavy atom. The van der Waals surface area contributed by atoms with Crippen molar-refractivity contribution in [3.8, 4) is 0 Å². The van der Waals surface area contributed by atoms with Crippen LogP contribution in [0.25, 0.3) is 0 Å². The number of carbonyl (C=O) groups is 1. The minimum absolute atomic E-state index is 0.0747. The van der Waals surface area contributed by atoms with Crippen molar-refractivity contribution in [1.82, 2.24) is 0 Å². The Balaban J connectivity index is 1.50. The van der Waals surface area contributed by atoms with E-state index in [2.05, 4.69) is 0 Å². The molecule has 0 amide bonds. The van der Waals surface area contributed by atoms with Crippen LogP contribution in [0.3, 0.4) is 0 Å². The minimum atomic E-state index is -0.364. The number of carbonyl (C=O) groups excluding carboxylic acids is 1. The molecular weight excluding hydrogens is 256 g/mol. The van der Waals surface area contributed by atoms with E-state index in [1.54, 1.807) is 0 Å². The zero-order valence-electron chi connectivity index (χ0n) is 12.0. The fraction of sp³-hybridized carbons (Fsp3) is 0.938. The summed E-state index contributed by atoms with van der Waals surface area (Å²) in [6.45, 7) is 0. The maximum Gasteiger partial charge on any atom is 0.306 e. The first-order valence-corrected chi connectivity index (χ1v) is 8.20. The van der Waals surface area contributed by atoms with Gasteiger partial charge in [-0.2, -0.15) is 0 Å². The van der Waals surface area contributed by atoms with Gasteiger partial charge in [0.1, 0.15) is 6.10 Å². The molecule has 4 heteroatoms. The Hall–Kier alpha value is -0.610. The minimum Gasteiger partial charge on any atom is -0.462 e. The van der Waals surface area contributed by atoms with Crippen molar-refractivity contribution in [3.63, 3.8) is 0 Å². The van der Waals surface area contributed by atoms with Gasteiger partial charge >= 0.3 is 5.97 Å². The standard InChI is InChI=1S/C16H26O4/c17-13(10-4-2-1-3-5-10)7-6-11-12-8-16(19)20-15(12)9-14(11)18/h10-15,17-18H,1-9H2. The van der Waals surface area contributed by atoms with Crippen molar-refractivity contribution in [1.29, 1.82) is 0 Å². The molecule has 5 atom stereocenters. The second-order valence-electron chi connectivity index (χ2n) is 6.91. The molecule has 3 aliphatic rings. The molecule has 20 heavy (non-hydrogen) atoms. The van der Waals surface area contributed by atoms with Crippen molar-refractivity contribution in [2.75, 3.05) is 0 Å². The van der Waals surface area contributed by atoms with Gasteiger partial charge in [0, 0.05) is 12.3 Å². The number of rotatable bonds is 4. The quantitative estimate of drug-likeness (QED) is 0.774. The number of aliphatic hydroxyl groups is 2. The Kier molecular flexibility index (Phi) is 4.32. The highest BCUT2D eigenvalue weighted by Gasteiger charge is 2.49. The summed E-state index contributed by atoms with van der Waals surface area (Å²) in [6.07, 6.45) is 7.98. The topological polar surface area (TPSA) is 66.8 Å². The molecule has 2 N–H and O–H groups in total. The van der Waals surface area contributed by atoms with E-state index in [1.807, 2.05) is 0 Å². The third-order valence-corrected chi connectivity index (χ3v) is 5.67. The predicted molar refractivity (Wildman–Crippen MR) is 73.9 cm³/mol. The van der Waals surface area contributed by atoms with E-state index in [4.69, 9.17) is 4.74 Å². The molecule has 0 spiro atoms. The first-order valence-electron chi connectivity index (χ1n) is 8.20. The van der Waals surface area contributed by atoms with Gasteiger partial charge in [0.05, 0.1) is 18.6 Å². The van der Waals surface area contributed by atoms with Gasteiger partial charge in [-0.25, -0.2) is 0 Å². The lowest BCUT2D eigenvalue weighted by Crippen LogP contribution is -2.26. The highest BCUT2D eigenvalue weighted by Crippen LogP contribution is 2.44. The summed E-state index contributed by atoms with van der Waals surface area (Å²) in [4.78, 5) is 11.3. The van der Waals surface area contributed by atoms with Crippen molar-refractivity contribution in [2.45, 2.75) is 76.1 Å². The van der Waals surface area contributed by atoms with Crippen LogP contribution in [0, 0.1) is 17.8 Å². The van der Waals surface area contributed by atoms with Crippen molar-refractivity contribution in [2.24, 2.45) is 17.8 Å². The van der Waals surface area contributed by atoms with E-state index >= 15 is 0 Å². The molecule has 3 rings (SSSR count). The average molecular weight is 282 g/mol. The highest BCUT2D eigenvalue weighted by molar-refractivity contribution is 5.72. The van der Waals surface area contributed by atoms with Crippen molar-refractivity contribution >= 4 is 5.97 Å². The van der Waals surface area contributed by atoms with Crippen LogP contribution < -0.4 is 0 Å². The lowest BCUT2D eigenvalue weighted by Gasteiger charge is -2.28. The Morgan fingerprint density at radius 3 is 2.75 bits per heavy atom. The van der Waals surface area contributed by atoms with Gasteiger partial charge in [-0.1, -0.05) is 19.3 Å². The molecule has 2 saturated carbocycles. The lowest BCUT2D eigenvalue weighted by molar-refractivity contribution is -0.141. The number of ether oxygens (including phenoxy) is 1. The molecule has 1 aliphatic heterocycles. The first kappa shape index (κ1) is 14.3. The van der Waals surface area contributed by atoms with Crippen LogP contribution in [-0.4, -0.2) is 34.5 Å². The summed E-state index contributed by atoms with van der Waals surface area (Å²) in [7, 11) is 0. The third kappa shape index (κ3) is 2.86. The SMILES string of the molecule is O=C1CC2C(CC(O)C2CCC(O)C2CCCCC2)O1. The summed E-state index contributed by atoms with van der Waals surface area (Å²) in [5.41, 5.74) is 0. The summed E-state index contributed by atoms with van der Waals surface area (Å²) in [5, 5.41) is 20.5. The molecule has 0 radical (unpaired) electrons. The molecule has 114 valence electrons. The number of hydrogen-bond acceptors (Lipinski definition) is 4.